The Hall–Kier alpha value is -2.58. The number of nitrogens with zero attached hydrogens (tertiary/aromatic N) is 1. The zero-order valence-corrected chi connectivity index (χ0v) is 17.7. The highest BCUT2D eigenvalue weighted by Gasteiger charge is 2.45. The molecule has 0 radical (unpaired) electrons. The number of fused-ring (bicyclic) bond motifs is 1. The van der Waals surface area contributed by atoms with Gasteiger partial charge in [-0.1, -0.05) is 18.6 Å². The number of hydrogen-bond donors (Lipinski definition) is 3. The molecule has 0 saturated carbocycles. The lowest BCUT2D eigenvalue weighted by Crippen LogP contribution is -2.54. The first kappa shape index (κ1) is 21.6. The quantitative estimate of drug-likeness (QED) is 0.428. The van der Waals surface area contributed by atoms with Crippen molar-refractivity contribution in [3.63, 3.8) is 0 Å². The molecule has 4 amide bonds. The fourth-order valence-electron chi connectivity index (χ4n) is 4.81. The molecule has 4 rings (SSSR count). The number of nitrogens with one attached hydrogen (secondary N) is 3. The molecule has 8 nitrogen and oxygen atoms in total. The minimum Gasteiger partial charge on any atom is -0.316 e. The van der Waals surface area contributed by atoms with Gasteiger partial charge in [0.15, 0.2) is 0 Å². The third-order valence-electron chi connectivity index (χ3n) is 6.48. The van der Waals surface area contributed by atoms with Crippen LogP contribution in [0.3, 0.4) is 0 Å². The van der Waals surface area contributed by atoms with Gasteiger partial charge in [0.25, 0.3) is 11.8 Å². The number of benzene rings is 1. The van der Waals surface area contributed by atoms with E-state index in [-0.39, 0.29) is 18.7 Å². The van der Waals surface area contributed by atoms with Crippen molar-refractivity contribution in [3.05, 3.63) is 34.9 Å². The molecule has 1 aromatic rings. The van der Waals surface area contributed by atoms with Crippen LogP contribution in [0.1, 0.15) is 71.2 Å². The average Bonchev–Trinajstić information content (AvgIpc) is 3.02. The minimum atomic E-state index is -0.930. The highest BCUT2D eigenvalue weighted by Crippen LogP contribution is 2.30. The molecule has 2 atom stereocenters. The van der Waals surface area contributed by atoms with Crippen molar-refractivity contribution < 1.29 is 19.2 Å². The van der Waals surface area contributed by atoms with Crippen molar-refractivity contribution in [2.24, 2.45) is 5.92 Å². The molecule has 3 heterocycles. The van der Waals surface area contributed by atoms with Crippen molar-refractivity contribution in [1.82, 2.24) is 20.9 Å². The SMILES string of the molecule is O=C1CCC(N2C(=O)c3cccc(CNCCCCC4CCCNC4)c3C2=O)C(=O)N1. The van der Waals surface area contributed by atoms with E-state index in [0.29, 0.717) is 17.7 Å². The van der Waals surface area contributed by atoms with Crippen molar-refractivity contribution >= 4 is 23.6 Å². The number of imide groups is 2. The predicted octanol–water partition coefficient (Wildman–Crippen LogP) is 1.35. The Bertz CT molecular complexity index is 878. The monoisotopic (exact) mass is 426 g/mol. The van der Waals surface area contributed by atoms with Crippen LogP contribution in [0.5, 0.6) is 0 Å². The molecular formula is C23H30N4O4. The lowest BCUT2D eigenvalue weighted by molar-refractivity contribution is -0.136. The molecule has 3 aliphatic heterocycles. The summed E-state index contributed by atoms with van der Waals surface area (Å²) in [7, 11) is 0. The number of piperidine rings is 2. The Morgan fingerprint density at radius 3 is 2.71 bits per heavy atom. The topological polar surface area (TPSA) is 108 Å². The standard InChI is InChI=1S/C23H30N4O4/c28-19-10-9-18(21(29)26-19)27-22(30)17-8-3-7-16(20(17)23(27)31)14-25-11-2-1-5-15-6-4-12-24-13-15/h3,7-8,15,18,24-25H,1-2,4-6,9-14H2,(H,26,28,29). The average molecular weight is 427 g/mol. The maximum atomic E-state index is 13.1. The van der Waals surface area contributed by atoms with Gasteiger partial charge in [0.1, 0.15) is 6.04 Å². The van der Waals surface area contributed by atoms with Crippen LogP contribution in [0, 0.1) is 5.92 Å². The maximum absolute atomic E-state index is 13.1. The third kappa shape index (κ3) is 4.70. The van der Waals surface area contributed by atoms with Gasteiger partial charge in [0.05, 0.1) is 11.1 Å². The van der Waals surface area contributed by atoms with Crippen LogP contribution in [-0.2, 0) is 16.1 Å². The zero-order valence-electron chi connectivity index (χ0n) is 17.7. The Labute approximate surface area is 182 Å². The first-order valence-corrected chi connectivity index (χ1v) is 11.3. The molecule has 3 aliphatic rings. The smallest absolute Gasteiger partial charge is 0.262 e. The second-order valence-corrected chi connectivity index (χ2v) is 8.67. The van der Waals surface area contributed by atoms with Gasteiger partial charge in [0, 0.05) is 13.0 Å². The van der Waals surface area contributed by atoms with E-state index in [1.807, 2.05) is 6.07 Å². The van der Waals surface area contributed by atoms with Gasteiger partial charge in [-0.3, -0.25) is 29.4 Å². The molecule has 0 bridgehead atoms. The first-order chi connectivity index (χ1) is 15.1. The Morgan fingerprint density at radius 2 is 1.94 bits per heavy atom. The van der Waals surface area contributed by atoms with Crippen LogP contribution in [0.25, 0.3) is 0 Å². The number of carbonyl (C=O) groups is 4. The van der Waals surface area contributed by atoms with E-state index in [1.165, 1.54) is 25.7 Å². The summed E-state index contributed by atoms with van der Waals surface area (Å²) in [4.78, 5) is 50.6. The molecule has 2 saturated heterocycles. The molecular weight excluding hydrogens is 396 g/mol. The Kier molecular flexibility index (Phi) is 6.77. The molecule has 31 heavy (non-hydrogen) atoms. The maximum Gasteiger partial charge on any atom is 0.262 e. The van der Waals surface area contributed by atoms with E-state index in [1.54, 1.807) is 12.1 Å². The number of unbranched alkanes of at least 4 members (excludes halogenated alkanes) is 1. The van der Waals surface area contributed by atoms with Crippen molar-refractivity contribution in [3.8, 4) is 0 Å². The summed E-state index contributed by atoms with van der Waals surface area (Å²) >= 11 is 0. The number of carbonyl (C=O) groups excluding carboxylic acids is 4. The lowest BCUT2D eigenvalue weighted by atomic mass is 9.94. The highest BCUT2D eigenvalue weighted by molar-refractivity contribution is 6.24. The fourth-order valence-corrected chi connectivity index (χ4v) is 4.81. The Balaban J connectivity index is 1.33. The number of hydrogen-bond acceptors (Lipinski definition) is 6. The molecule has 2 unspecified atom stereocenters. The normalized spacial score (nSPS) is 23.8. The van der Waals surface area contributed by atoms with Crippen LogP contribution < -0.4 is 16.0 Å². The number of rotatable bonds is 8. The van der Waals surface area contributed by atoms with Gasteiger partial charge in [-0.05, 0) is 69.3 Å². The fraction of sp³-hybridized carbons (Fsp3) is 0.565. The van der Waals surface area contributed by atoms with Crippen LogP contribution in [0.4, 0.5) is 0 Å². The van der Waals surface area contributed by atoms with Crippen LogP contribution in [0.15, 0.2) is 18.2 Å². The van der Waals surface area contributed by atoms with Gasteiger partial charge in [-0.2, -0.15) is 0 Å². The molecule has 0 aromatic heterocycles. The predicted molar refractivity (Wildman–Crippen MR) is 114 cm³/mol. The molecule has 3 N–H and O–H groups in total. The van der Waals surface area contributed by atoms with Gasteiger partial charge >= 0.3 is 0 Å². The summed E-state index contributed by atoms with van der Waals surface area (Å²) in [6, 6.07) is 4.31. The number of amides is 4. The molecule has 1 aromatic carbocycles. The largest absolute Gasteiger partial charge is 0.316 e. The van der Waals surface area contributed by atoms with E-state index in [2.05, 4.69) is 16.0 Å². The summed E-state index contributed by atoms with van der Waals surface area (Å²) in [6.45, 7) is 3.62. The van der Waals surface area contributed by atoms with Crippen molar-refractivity contribution in [1.29, 1.82) is 0 Å². The van der Waals surface area contributed by atoms with Crippen molar-refractivity contribution in [2.45, 2.75) is 57.5 Å². The van der Waals surface area contributed by atoms with E-state index in [9.17, 15) is 19.2 Å². The molecule has 0 spiro atoms. The van der Waals surface area contributed by atoms with Crippen LogP contribution in [0.2, 0.25) is 0 Å². The van der Waals surface area contributed by atoms with Crippen LogP contribution in [-0.4, -0.2) is 54.2 Å². The van der Waals surface area contributed by atoms with Gasteiger partial charge in [-0.25, -0.2) is 0 Å². The minimum absolute atomic E-state index is 0.120. The summed E-state index contributed by atoms with van der Waals surface area (Å²) in [5.74, 6) is -1.08. The summed E-state index contributed by atoms with van der Waals surface area (Å²) < 4.78 is 0. The molecule has 0 aliphatic carbocycles. The van der Waals surface area contributed by atoms with E-state index in [0.717, 1.165) is 42.4 Å². The van der Waals surface area contributed by atoms with E-state index < -0.39 is 23.8 Å². The second-order valence-electron chi connectivity index (χ2n) is 8.67. The lowest BCUT2D eigenvalue weighted by Gasteiger charge is -2.27. The highest BCUT2D eigenvalue weighted by atomic mass is 16.2. The van der Waals surface area contributed by atoms with Gasteiger partial charge in [0.2, 0.25) is 11.8 Å². The van der Waals surface area contributed by atoms with Crippen molar-refractivity contribution in [2.75, 3.05) is 19.6 Å². The zero-order chi connectivity index (χ0) is 21.8. The Morgan fingerprint density at radius 1 is 1.06 bits per heavy atom. The summed E-state index contributed by atoms with van der Waals surface area (Å²) in [6.07, 6.45) is 6.35. The molecule has 8 heteroatoms. The van der Waals surface area contributed by atoms with E-state index in [4.69, 9.17) is 0 Å². The molecule has 166 valence electrons. The third-order valence-corrected chi connectivity index (χ3v) is 6.48. The van der Waals surface area contributed by atoms with Gasteiger partial charge in [-0.15, -0.1) is 0 Å². The molecule has 2 fully saturated rings. The van der Waals surface area contributed by atoms with Crippen LogP contribution >= 0.6 is 0 Å². The first-order valence-electron chi connectivity index (χ1n) is 11.3. The van der Waals surface area contributed by atoms with Gasteiger partial charge < -0.3 is 10.6 Å². The second kappa shape index (κ2) is 9.70. The van der Waals surface area contributed by atoms with E-state index >= 15 is 0 Å². The summed E-state index contributed by atoms with van der Waals surface area (Å²) in [5, 5.41) is 9.07. The summed E-state index contributed by atoms with van der Waals surface area (Å²) in [5.41, 5.74) is 1.47.